The highest BCUT2D eigenvalue weighted by molar-refractivity contribution is 5.54. The van der Waals surface area contributed by atoms with Crippen molar-refractivity contribution in [1.82, 2.24) is 14.9 Å². The average molecular weight is 303 g/mol. The fourth-order valence-electron chi connectivity index (χ4n) is 1.95. The number of benzene rings is 1. The van der Waals surface area contributed by atoms with Crippen LogP contribution in [0.5, 0.6) is 0 Å². The number of anilines is 3. The van der Waals surface area contributed by atoms with Crippen LogP contribution in [0.3, 0.4) is 0 Å². The molecule has 2 N–H and O–H groups in total. The molecule has 5 nitrogen and oxygen atoms in total. The Morgan fingerprint density at radius 3 is 2.59 bits per heavy atom. The van der Waals surface area contributed by atoms with Gasteiger partial charge in [-0.15, -0.1) is 0 Å². The van der Waals surface area contributed by atoms with E-state index in [1.807, 2.05) is 6.07 Å². The smallest absolute Gasteiger partial charge is 0.229 e. The summed E-state index contributed by atoms with van der Waals surface area (Å²) in [5.74, 6) is 1.01. The lowest BCUT2D eigenvalue weighted by molar-refractivity contribution is 0.396. The lowest BCUT2D eigenvalue weighted by atomic mass is 10.3. The van der Waals surface area contributed by atoms with Gasteiger partial charge in [0.05, 0.1) is 0 Å². The number of halogens is 1. The summed E-state index contributed by atoms with van der Waals surface area (Å²) < 4.78 is 12.9. The van der Waals surface area contributed by atoms with Crippen LogP contribution in [-0.2, 0) is 0 Å². The van der Waals surface area contributed by atoms with Crippen molar-refractivity contribution < 1.29 is 4.39 Å². The molecule has 22 heavy (non-hydrogen) atoms. The number of aromatic nitrogens is 2. The number of unbranched alkanes of at least 4 members (excludes halogenated alkanes) is 1. The molecule has 2 aromatic rings. The molecule has 0 aliphatic rings. The van der Waals surface area contributed by atoms with Crippen LogP contribution in [0, 0.1) is 5.82 Å². The highest BCUT2D eigenvalue weighted by Crippen LogP contribution is 2.14. The third-order valence-electron chi connectivity index (χ3n) is 3.09. The van der Waals surface area contributed by atoms with Gasteiger partial charge in [-0.3, -0.25) is 0 Å². The molecule has 0 saturated heterocycles. The maximum absolute atomic E-state index is 12.9. The summed E-state index contributed by atoms with van der Waals surface area (Å²) in [5, 5.41) is 6.34. The summed E-state index contributed by atoms with van der Waals surface area (Å²) in [7, 11) is 4.15. The van der Waals surface area contributed by atoms with E-state index in [0.29, 0.717) is 5.95 Å². The SMILES string of the molecule is CN(C)CCCCNc1ccnc(Nc2ccc(F)cc2)n1. The van der Waals surface area contributed by atoms with E-state index in [0.717, 1.165) is 37.4 Å². The molecular formula is C16H22FN5. The lowest BCUT2D eigenvalue weighted by Crippen LogP contribution is -2.14. The van der Waals surface area contributed by atoms with Gasteiger partial charge in [-0.2, -0.15) is 4.98 Å². The second-order valence-corrected chi connectivity index (χ2v) is 5.33. The van der Waals surface area contributed by atoms with Crippen molar-refractivity contribution in [2.75, 3.05) is 37.8 Å². The number of hydrogen-bond acceptors (Lipinski definition) is 5. The topological polar surface area (TPSA) is 53.1 Å². The molecule has 0 aliphatic carbocycles. The van der Waals surface area contributed by atoms with Crippen molar-refractivity contribution in [3.05, 3.63) is 42.3 Å². The van der Waals surface area contributed by atoms with E-state index in [-0.39, 0.29) is 5.82 Å². The van der Waals surface area contributed by atoms with Gasteiger partial charge in [0.25, 0.3) is 0 Å². The van der Waals surface area contributed by atoms with Crippen molar-refractivity contribution >= 4 is 17.5 Å². The standard InChI is InChI=1S/C16H22FN5/c1-22(2)12-4-3-10-18-15-9-11-19-16(21-15)20-14-7-5-13(17)6-8-14/h5-9,11H,3-4,10,12H2,1-2H3,(H2,18,19,20,21). The molecule has 1 aromatic heterocycles. The van der Waals surface area contributed by atoms with Gasteiger partial charge in [0.2, 0.25) is 5.95 Å². The van der Waals surface area contributed by atoms with E-state index in [1.165, 1.54) is 12.1 Å². The van der Waals surface area contributed by atoms with Crippen molar-refractivity contribution in [3.63, 3.8) is 0 Å². The highest BCUT2D eigenvalue weighted by atomic mass is 19.1. The van der Waals surface area contributed by atoms with E-state index in [1.54, 1.807) is 18.3 Å². The molecule has 1 aromatic carbocycles. The zero-order valence-corrected chi connectivity index (χ0v) is 13.0. The molecule has 0 amide bonds. The Labute approximate surface area is 130 Å². The summed E-state index contributed by atoms with van der Waals surface area (Å²) in [6, 6.07) is 7.94. The monoisotopic (exact) mass is 303 g/mol. The van der Waals surface area contributed by atoms with Gasteiger partial charge in [0, 0.05) is 18.4 Å². The van der Waals surface area contributed by atoms with E-state index in [4.69, 9.17) is 0 Å². The first kappa shape index (κ1) is 16.2. The molecule has 0 unspecified atom stereocenters. The van der Waals surface area contributed by atoms with Crippen LogP contribution in [-0.4, -0.2) is 42.1 Å². The molecule has 0 saturated carbocycles. The summed E-state index contributed by atoms with van der Waals surface area (Å²) in [4.78, 5) is 10.7. The Bertz CT molecular complexity index is 571. The summed E-state index contributed by atoms with van der Waals surface area (Å²) in [6.07, 6.45) is 3.93. The first-order chi connectivity index (χ1) is 10.6. The summed E-state index contributed by atoms with van der Waals surface area (Å²) in [6.45, 7) is 1.96. The molecular weight excluding hydrogens is 281 g/mol. The Morgan fingerprint density at radius 1 is 1.09 bits per heavy atom. The minimum atomic E-state index is -0.264. The van der Waals surface area contributed by atoms with Crippen LogP contribution in [0.2, 0.25) is 0 Å². The lowest BCUT2D eigenvalue weighted by Gasteiger charge is -2.10. The normalized spacial score (nSPS) is 10.7. The fraction of sp³-hybridized carbons (Fsp3) is 0.375. The van der Waals surface area contributed by atoms with Gasteiger partial charge in [-0.05, 0) is 63.8 Å². The zero-order valence-electron chi connectivity index (χ0n) is 13.0. The average Bonchev–Trinajstić information content (AvgIpc) is 2.49. The largest absolute Gasteiger partial charge is 0.370 e. The van der Waals surface area contributed by atoms with Gasteiger partial charge in [-0.1, -0.05) is 0 Å². The molecule has 0 aliphatic heterocycles. The molecule has 0 bridgehead atoms. The number of rotatable bonds is 8. The van der Waals surface area contributed by atoms with E-state index < -0.39 is 0 Å². The van der Waals surface area contributed by atoms with Crippen molar-refractivity contribution in [2.45, 2.75) is 12.8 Å². The predicted octanol–water partition coefficient (Wildman–Crippen LogP) is 3.11. The van der Waals surface area contributed by atoms with Crippen LogP contribution in [0.1, 0.15) is 12.8 Å². The second kappa shape index (κ2) is 8.29. The van der Waals surface area contributed by atoms with E-state index in [2.05, 4.69) is 39.6 Å². The van der Waals surface area contributed by atoms with E-state index in [9.17, 15) is 4.39 Å². The molecule has 6 heteroatoms. The first-order valence-corrected chi connectivity index (χ1v) is 7.38. The fourth-order valence-corrected chi connectivity index (χ4v) is 1.95. The summed E-state index contributed by atoms with van der Waals surface area (Å²) in [5.41, 5.74) is 0.754. The third kappa shape index (κ3) is 5.65. The number of nitrogens with one attached hydrogen (secondary N) is 2. The second-order valence-electron chi connectivity index (χ2n) is 5.33. The predicted molar refractivity (Wildman–Crippen MR) is 88.0 cm³/mol. The Morgan fingerprint density at radius 2 is 1.86 bits per heavy atom. The number of hydrogen-bond donors (Lipinski definition) is 2. The molecule has 0 spiro atoms. The van der Waals surface area contributed by atoms with Crippen molar-refractivity contribution in [3.8, 4) is 0 Å². The summed E-state index contributed by atoms with van der Waals surface area (Å²) >= 11 is 0. The Hall–Kier alpha value is -2.21. The van der Waals surface area contributed by atoms with E-state index >= 15 is 0 Å². The molecule has 1 heterocycles. The van der Waals surface area contributed by atoms with Gasteiger partial charge in [0.15, 0.2) is 0 Å². The quantitative estimate of drug-likeness (QED) is 0.734. The molecule has 2 rings (SSSR count). The van der Waals surface area contributed by atoms with Gasteiger partial charge < -0.3 is 15.5 Å². The Kier molecular flexibility index (Phi) is 6.09. The van der Waals surface area contributed by atoms with Crippen molar-refractivity contribution in [2.24, 2.45) is 0 Å². The molecule has 0 radical (unpaired) electrons. The van der Waals surface area contributed by atoms with Crippen LogP contribution < -0.4 is 10.6 Å². The maximum Gasteiger partial charge on any atom is 0.229 e. The number of nitrogens with zero attached hydrogens (tertiary/aromatic N) is 3. The molecule has 118 valence electrons. The minimum absolute atomic E-state index is 0.264. The third-order valence-corrected chi connectivity index (χ3v) is 3.09. The minimum Gasteiger partial charge on any atom is -0.370 e. The van der Waals surface area contributed by atoms with Crippen LogP contribution in [0.25, 0.3) is 0 Å². The molecule has 0 fully saturated rings. The maximum atomic E-state index is 12.9. The zero-order chi connectivity index (χ0) is 15.8. The van der Waals surface area contributed by atoms with Gasteiger partial charge in [0.1, 0.15) is 11.6 Å². The van der Waals surface area contributed by atoms with Crippen LogP contribution in [0.4, 0.5) is 21.8 Å². The van der Waals surface area contributed by atoms with Gasteiger partial charge in [-0.25, -0.2) is 9.37 Å². The first-order valence-electron chi connectivity index (χ1n) is 7.38. The molecule has 0 atom stereocenters. The highest BCUT2D eigenvalue weighted by Gasteiger charge is 2.00. The Balaban J connectivity index is 1.83. The van der Waals surface area contributed by atoms with Crippen LogP contribution in [0.15, 0.2) is 36.5 Å². The van der Waals surface area contributed by atoms with Crippen LogP contribution >= 0.6 is 0 Å². The van der Waals surface area contributed by atoms with Gasteiger partial charge >= 0.3 is 0 Å². The van der Waals surface area contributed by atoms with Crippen molar-refractivity contribution in [1.29, 1.82) is 0 Å².